The van der Waals surface area contributed by atoms with Gasteiger partial charge >= 0.3 is 0 Å². The smallest absolute Gasteiger partial charge is 0.230 e. The average Bonchev–Trinajstić information content (AvgIpc) is 3.08. The van der Waals surface area contributed by atoms with Gasteiger partial charge in [-0.25, -0.2) is 4.98 Å². The zero-order valence-corrected chi connectivity index (χ0v) is 17.5. The number of halogens is 2. The molecule has 0 saturated carbocycles. The second-order valence-corrected chi connectivity index (χ2v) is 8.75. The highest BCUT2D eigenvalue weighted by Gasteiger charge is 2.34. The van der Waals surface area contributed by atoms with E-state index in [9.17, 15) is 5.11 Å². The minimum atomic E-state index is -0.192. The van der Waals surface area contributed by atoms with Gasteiger partial charge in [0.05, 0.1) is 33.2 Å². The van der Waals surface area contributed by atoms with Gasteiger partial charge in [-0.3, -0.25) is 4.90 Å². The molecule has 27 heavy (non-hydrogen) atoms. The van der Waals surface area contributed by atoms with Crippen LogP contribution in [-0.4, -0.2) is 49.9 Å². The van der Waals surface area contributed by atoms with Gasteiger partial charge in [0.2, 0.25) is 10.8 Å². The Morgan fingerprint density at radius 1 is 1.22 bits per heavy atom. The van der Waals surface area contributed by atoms with Crippen molar-refractivity contribution in [1.82, 2.24) is 19.5 Å². The van der Waals surface area contributed by atoms with Crippen LogP contribution in [0.1, 0.15) is 36.2 Å². The summed E-state index contributed by atoms with van der Waals surface area (Å²) in [6.07, 6.45) is 0.177. The molecular weight excluding hydrogens is 407 g/mol. The molecule has 0 amide bonds. The Morgan fingerprint density at radius 2 is 1.93 bits per heavy atom. The molecule has 0 bridgehead atoms. The summed E-state index contributed by atoms with van der Waals surface area (Å²) in [5.41, 5.74) is 0.960. The van der Waals surface area contributed by atoms with Gasteiger partial charge in [0.1, 0.15) is 5.82 Å². The molecule has 1 aliphatic heterocycles. The van der Waals surface area contributed by atoms with Gasteiger partial charge in [-0.1, -0.05) is 40.6 Å². The first-order valence-corrected chi connectivity index (χ1v) is 10.3. The molecule has 3 heterocycles. The number of fused-ring (bicyclic) bond motifs is 1. The Morgan fingerprint density at radius 3 is 2.56 bits per heavy atom. The van der Waals surface area contributed by atoms with Crippen molar-refractivity contribution < 1.29 is 9.84 Å². The largest absolute Gasteiger partial charge is 0.492 e. The molecule has 1 aliphatic rings. The normalized spacial score (nSPS) is 22.4. The summed E-state index contributed by atoms with van der Waals surface area (Å²) in [7, 11) is 0. The molecule has 144 valence electrons. The molecule has 3 aromatic rings. The van der Waals surface area contributed by atoms with Gasteiger partial charge in [-0.2, -0.15) is 4.52 Å². The molecule has 6 nitrogen and oxygen atoms in total. The van der Waals surface area contributed by atoms with E-state index in [2.05, 4.69) is 28.8 Å². The molecule has 9 heteroatoms. The lowest BCUT2D eigenvalue weighted by Crippen LogP contribution is -2.47. The second-order valence-electron chi connectivity index (χ2n) is 6.93. The molecular formula is C18H20Cl2N4O2S. The van der Waals surface area contributed by atoms with Crippen LogP contribution in [0, 0.1) is 6.92 Å². The highest BCUT2D eigenvalue weighted by atomic mass is 35.5. The third-order valence-electron chi connectivity index (χ3n) is 4.63. The quantitative estimate of drug-likeness (QED) is 0.675. The van der Waals surface area contributed by atoms with Crippen LogP contribution in [-0.2, 0) is 4.74 Å². The number of thiazole rings is 1. The number of morpholine rings is 1. The summed E-state index contributed by atoms with van der Waals surface area (Å²) >= 11 is 13.9. The van der Waals surface area contributed by atoms with Crippen molar-refractivity contribution in [1.29, 1.82) is 0 Å². The lowest BCUT2D eigenvalue weighted by Gasteiger charge is -2.40. The van der Waals surface area contributed by atoms with E-state index in [1.165, 1.54) is 15.9 Å². The highest BCUT2D eigenvalue weighted by Crippen LogP contribution is 2.42. The van der Waals surface area contributed by atoms with Crippen molar-refractivity contribution >= 4 is 39.5 Å². The number of hydrogen-bond acceptors (Lipinski definition) is 6. The van der Waals surface area contributed by atoms with E-state index in [4.69, 9.17) is 27.9 Å². The lowest BCUT2D eigenvalue weighted by atomic mass is 10.0. The van der Waals surface area contributed by atoms with Crippen LogP contribution in [0.3, 0.4) is 0 Å². The fraction of sp³-hybridized carbons (Fsp3) is 0.444. The first-order chi connectivity index (χ1) is 12.8. The summed E-state index contributed by atoms with van der Waals surface area (Å²) in [4.78, 5) is 8.15. The lowest BCUT2D eigenvalue weighted by molar-refractivity contribution is -0.0764. The van der Waals surface area contributed by atoms with Crippen molar-refractivity contribution in [2.24, 2.45) is 0 Å². The summed E-state index contributed by atoms with van der Waals surface area (Å²) in [5.74, 6) is 0.737. The Hall–Kier alpha value is -1.38. The molecule has 1 saturated heterocycles. The van der Waals surface area contributed by atoms with Crippen LogP contribution in [0.4, 0.5) is 0 Å². The Balaban J connectivity index is 1.85. The van der Waals surface area contributed by atoms with Crippen LogP contribution in [0.5, 0.6) is 5.88 Å². The molecule has 1 fully saturated rings. The summed E-state index contributed by atoms with van der Waals surface area (Å²) < 4.78 is 7.39. The zero-order valence-electron chi connectivity index (χ0n) is 15.2. The van der Waals surface area contributed by atoms with Gasteiger partial charge in [0.25, 0.3) is 0 Å². The molecule has 1 N–H and O–H groups in total. The third-order valence-corrected chi connectivity index (χ3v) is 6.44. The van der Waals surface area contributed by atoms with Crippen molar-refractivity contribution in [2.45, 2.75) is 39.0 Å². The Labute approximate surface area is 171 Å². The molecule has 0 unspecified atom stereocenters. The standard InChI is InChI=1S/C18H20Cl2N4O2S/c1-9-7-23(8-10(2)26-9)15(12-4-5-13(19)14(20)6-12)16-17(25)24-18(27-16)21-11(3)22-24/h4-6,9-10,15,25H,7-8H2,1-3H3/t9-,10+,15-/m1/s1. The fourth-order valence-corrected chi connectivity index (χ4v) is 5.13. The second kappa shape index (κ2) is 7.22. The predicted octanol–water partition coefficient (Wildman–Crippen LogP) is 4.31. The average molecular weight is 427 g/mol. The molecule has 2 aromatic heterocycles. The van der Waals surface area contributed by atoms with Crippen LogP contribution in [0.2, 0.25) is 10.0 Å². The monoisotopic (exact) mass is 426 g/mol. The molecule has 4 rings (SSSR count). The number of aromatic hydroxyl groups is 1. The molecule has 0 spiro atoms. The number of benzene rings is 1. The molecule has 0 aliphatic carbocycles. The number of nitrogens with zero attached hydrogens (tertiary/aromatic N) is 4. The van der Waals surface area contributed by atoms with Crippen LogP contribution >= 0.6 is 34.5 Å². The minimum Gasteiger partial charge on any atom is -0.492 e. The Kier molecular flexibility index (Phi) is 5.07. The first kappa shape index (κ1) is 19.0. The fourth-order valence-electron chi connectivity index (χ4n) is 3.67. The predicted molar refractivity (Wildman–Crippen MR) is 107 cm³/mol. The number of rotatable bonds is 3. The van der Waals surface area contributed by atoms with Gasteiger partial charge < -0.3 is 9.84 Å². The maximum Gasteiger partial charge on any atom is 0.230 e. The van der Waals surface area contributed by atoms with E-state index in [0.717, 1.165) is 23.5 Å². The maximum atomic E-state index is 10.9. The zero-order chi connectivity index (χ0) is 19.3. The van der Waals surface area contributed by atoms with Crippen molar-refractivity contribution in [3.8, 4) is 5.88 Å². The molecule has 0 radical (unpaired) electrons. The SMILES string of the molecule is Cc1nc2sc([C@@H](c3ccc(Cl)c(Cl)c3)N3C[C@@H](C)O[C@@H](C)C3)c(O)n2n1. The number of hydrogen-bond donors (Lipinski definition) is 1. The topological polar surface area (TPSA) is 62.9 Å². The number of aromatic nitrogens is 3. The number of aryl methyl sites for hydroxylation is 1. The van der Waals surface area contributed by atoms with Crippen molar-refractivity contribution in [2.75, 3.05) is 13.1 Å². The maximum absolute atomic E-state index is 10.9. The Bertz CT molecular complexity index is 979. The summed E-state index contributed by atoms with van der Waals surface area (Å²) in [6, 6.07) is 5.41. The van der Waals surface area contributed by atoms with E-state index in [0.29, 0.717) is 20.8 Å². The van der Waals surface area contributed by atoms with Gasteiger partial charge in [-0.05, 0) is 38.5 Å². The van der Waals surface area contributed by atoms with E-state index < -0.39 is 0 Å². The van der Waals surface area contributed by atoms with Crippen LogP contribution in [0.25, 0.3) is 4.96 Å². The van der Waals surface area contributed by atoms with Gasteiger partial charge in [-0.15, -0.1) is 5.10 Å². The summed E-state index contributed by atoms with van der Waals surface area (Å²) in [5, 5.41) is 16.2. The van der Waals surface area contributed by atoms with Crippen LogP contribution in [0.15, 0.2) is 18.2 Å². The van der Waals surface area contributed by atoms with Crippen LogP contribution < -0.4 is 0 Å². The van der Waals surface area contributed by atoms with Crippen molar-refractivity contribution in [3.63, 3.8) is 0 Å². The van der Waals surface area contributed by atoms with Gasteiger partial charge in [0, 0.05) is 13.1 Å². The van der Waals surface area contributed by atoms with E-state index in [1.807, 2.05) is 12.1 Å². The highest BCUT2D eigenvalue weighted by molar-refractivity contribution is 7.17. The minimum absolute atomic E-state index is 0.0885. The summed E-state index contributed by atoms with van der Waals surface area (Å²) in [6.45, 7) is 7.39. The molecule has 3 atom stereocenters. The van der Waals surface area contributed by atoms with Gasteiger partial charge in [0.15, 0.2) is 0 Å². The van der Waals surface area contributed by atoms with E-state index >= 15 is 0 Å². The van der Waals surface area contributed by atoms with E-state index in [-0.39, 0.29) is 24.1 Å². The first-order valence-electron chi connectivity index (χ1n) is 8.73. The van der Waals surface area contributed by atoms with Crippen molar-refractivity contribution in [3.05, 3.63) is 44.5 Å². The van der Waals surface area contributed by atoms with E-state index in [1.54, 1.807) is 13.0 Å². The third kappa shape index (κ3) is 3.54. The number of ether oxygens (including phenoxy) is 1. The molecule has 1 aromatic carbocycles.